The first kappa shape index (κ1) is 7.28. The minimum absolute atomic E-state index is 0.367. The largest absolute Gasteiger partial charge is 0.461 e. The van der Waals surface area contributed by atoms with Gasteiger partial charge in [0.15, 0.2) is 0 Å². The SMILES string of the molecule is FCOc1ccc(Cl)nc1. The summed E-state index contributed by atoms with van der Waals surface area (Å²) in [5.41, 5.74) is 0. The first-order valence-corrected chi connectivity index (χ1v) is 3.01. The van der Waals surface area contributed by atoms with Crippen LogP contribution >= 0.6 is 11.6 Å². The summed E-state index contributed by atoms with van der Waals surface area (Å²) < 4.78 is 16.0. The average molecular weight is 162 g/mol. The molecule has 0 saturated heterocycles. The summed E-state index contributed by atoms with van der Waals surface area (Å²) in [5.74, 6) is 0.381. The van der Waals surface area contributed by atoms with Gasteiger partial charge in [0, 0.05) is 0 Å². The van der Waals surface area contributed by atoms with Crippen LogP contribution in [0.25, 0.3) is 0 Å². The molecule has 1 aromatic heterocycles. The highest BCUT2D eigenvalue weighted by atomic mass is 35.5. The fraction of sp³-hybridized carbons (Fsp3) is 0.167. The molecule has 10 heavy (non-hydrogen) atoms. The summed E-state index contributed by atoms with van der Waals surface area (Å²) >= 11 is 5.45. The summed E-state index contributed by atoms with van der Waals surface area (Å²) in [6.45, 7) is -0.844. The molecule has 0 aliphatic carbocycles. The molecule has 0 spiro atoms. The third kappa shape index (κ3) is 1.84. The Morgan fingerprint density at radius 2 is 2.40 bits per heavy atom. The second-order valence-electron chi connectivity index (χ2n) is 1.57. The number of nitrogens with zero attached hydrogens (tertiary/aromatic N) is 1. The maximum Gasteiger partial charge on any atom is 0.228 e. The smallest absolute Gasteiger partial charge is 0.228 e. The molecule has 1 rings (SSSR count). The normalized spacial score (nSPS) is 9.40. The quantitative estimate of drug-likeness (QED) is 0.620. The third-order valence-electron chi connectivity index (χ3n) is 0.921. The number of halogens is 2. The molecule has 1 aromatic rings. The molecular formula is C6H5ClFNO. The van der Waals surface area contributed by atoms with E-state index in [1.807, 2.05) is 0 Å². The number of hydrogen-bond donors (Lipinski definition) is 0. The number of rotatable bonds is 2. The fourth-order valence-corrected chi connectivity index (χ4v) is 0.622. The summed E-state index contributed by atoms with van der Waals surface area (Å²) in [4.78, 5) is 3.67. The van der Waals surface area contributed by atoms with Crippen LogP contribution in [0.15, 0.2) is 18.3 Å². The van der Waals surface area contributed by atoms with Crippen LogP contribution in [0.4, 0.5) is 4.39 Å². The highest BCUT2D eigenvalue weighted by Crippen LogP contribution is 2.11. The predicted molar refractivity (Wildman–Crippen MR) is 35.9 cm³/mol. The van der Waals surface area contributed by atoms with E-state index < -0.39 is 6.86 Å². The van der Waals surface area contributed by atoms with Gasteiger partial charge in [-0.1, -0.05) is 11.6 Å². The van der Waals surface area contributed by atoms with Crippen molar-refractivity contribution in [3.63, 3.8) is 0 Å². The second kappa shape index (κ2) is 3.37. The van der Waals surface area contributed by atoms with Crippen molar-refractivity contribution in [1.82, 2.24) is 4.98 Å². The van der Waals surface area contributed by atoms with Crippen LogP contribution in [-0.4, -0.2) is 11.8 Å². The lowest BCUT2D eigenvalue weighted by molar-refractivity contribution is 0.191. The first-order chi connectivity index (χ1) is 4.83. The van der Waals surface area contributed by atoms with E-state index in [4.69, 9.17) is 11.6 Å². The number of hydrogen-bond acceptors (Lipinski definition) is 2. The number of ether oxygens (including phenoxy) is 1. The van der Waals surface area contributed by atoms with Crippen molar-refractivity contribution in [1.29, 1.82) is 0 Å². The van der Waals surface area contributed by atoms with Gasteiger partial charge < -0.3 is 4.74 Å². The Labute approximate surface area is 62.6 Å². The van der Waals surface area contributed by atoms with Gasteiger partial charge in [0.1, 0.15) is 10.9 Å². The highest BCUT2D eigenvalue weighted by molar-refractivity contribution is 6.29. The molecule has 0 N–H and O–H groups in total. The third-order valence-corrected chi connectivity index (χ3v) is 1.15. The Morgan fingerprint density at radius 1 is 1.60 bits per heavy atom. The molecule has 0 atom stereocenters. The van der Waals surface area contributed by atoms with Crippen LogP contribution in [0.1, 0.15) is 0 Å². The molecular weight excluding hydrogens is 157 g/mol. The molecule has 0 radical (unpaired) electrons. The minimum atomic E-state index is -0.844. The zero-order chi connectivity index (χ0) is 7.40. The van der Waals surface area contributed by atoms with Gasteiger partial charge in [-0.25, -0.2) is 9.37 Å². The van der Waals surface area contributed by atoms with Crippen LogP contribution in [0.2, 0.25) is 5.15 Å². The van der Waals surface area contributed by atoms with Crippen molar-refractivity contribution in [2.24, 2.45) is 0 Å². The van der Waals surface area contributed by atoms with Gasteiger partial charge in [-0.05, 0) is 12.1 Å². The monoisotopic (exact) mass is 161 g/mol. The van der Waals surface area contributed by atoms with Crippen molar-refractivity contribution in [2.45, 2.75) is 0 Å². The summed E-state index contributed by atoms with van der Waals surface area (Å²) in [6.07, 6.45) is 1.36. The maximum absolute atomic E-state index is 11.5. The van der Waals surface area contributed by atoms with Crippen molar-refractivity contribution in [3.05, 3.63) is 23.5 Å². The Kier molecular flexibility index (Phi) is 2.45. The Bertz CT molecular complexity index is 201. The molecule has 2 nitrogen and oxygen atoms in total. The standard InChI is InChI=1S/C6H5ClFNO/c7-6-2-1-5(3-9-6)10-4-8/h1-3H,4H2. The van der Waals surface area contributed by atoms with E-state index >= 15 is 0 Å². The van der Waals surface area contributed by atoms with E-state index in [9.17, 15) is 4.39 Å². The van der Waals surface area contributed by atoms with E-state index in [-0.39, 0.29) is 0 Å². The zero-order valence-electron chi connectivity index (χ0n) is 5.05. The van der Waals surface area contributed by atoms with Gasteiger partial charge in [-0.3, -0.25) is 0 Å². The van der Waals surface area contributed by atoms with Gasteiger partial charge >= 0.3 is 0 Å². The number of pyridine rings is 1. The van der Waals surface area contributed by atoms with Crippen LogP contribution in [0, 0.1) is 0 Å². The first-order valence-electron chi connectivity index (χ1n) is 2.63. The van der Waals surface area contributed by atoms with Crippen molar-refractivity contribution in [2.75, 3.05) is 6.86 Å². The fourth-order valence-electron chi connectivity index (χ4n) is 0.511. The second-order valence-corrected chi connectivity index (χ2v) is 1.96. The Balaban J connectivity index is 2.69. The van der Waals surface area contributed by atoms with E-state index in [0.29, 0.717) is 10.9 Å². The number of aromatic nitrogens is 1. The maximum atomic E-state index is 11.5. The van der Waals surface area contributed by atoms with Gasteiger partial charge in [0.25, 0.3) is 0 Å². The van der Waals surface area contributed by atoms with E-state index in [2.05, 4.69) is 9.72 Å². The summed E-state index contributed by atoms with van der Waals surface area (Å²) in [6, 6.07) is 3.08. The van der Waals surface area contributed by atoms with Gasteiger partial charge in [0.2, 0.25) is 6.86 Å². The van der Waals surface area contributed by atoms with Gasteiger partial charge in [-0.2, -0.15) is 0 Å². The Hall–Kier alpha value is -0.830. The molecule has 0 aliphatic rings. The van der Waals surface area contributed by atoms with E-state index in [0.717, 1.165) is 0 Å². The zero-order valence-corrected chi connectivity index (χ0v) is 5.81. The summed E-state index contributed by atoms with van der Waals surface area (Å²) in [7, 11) is 0. The van der Waals surface area contributed by atoms with Crippen molar-refractivity contribution in [3.8, 4) is 5.75 Å². The van der Waals surface area contributed by atoms with E-state index in [1.54, 1.807) is 6.07 Å². The summed E-state index contributed by atoms with van der Waals surface area (Å²) in [5, 5.41) is 0.367. The molecule has 0 aromatic carbocycles. The lowest BCUT2D eigenvalue weighted by Crippen LogP contribution is -1.89. The van der Waals surface area contributed by atoms with Crippen LogP contribution in [-0.2, 0) is 0 Å². The molecule has 4 heteroatoms. The van der Waals surface area contributed by atoms with Gasteiger partial charge in [-0.15, -0.1) is 0 Å². The molecule has 0 amide bonds. The van der Waals surface area contributed by atoms with Crippen LogP contribution in [0.3, 0.4) is 0 Å². The minimum Gasteiger partial charge on any atom is -0.461 e. The van der Waals surface area contributed by atoms with Crippen molar-refractivity contribution >= 4 is 11.6 Å². The van der Waals surface area contributed by atoms with Gasteiger partial charge in [0.05, 0.1) is 6.20 Å². The van der Waals surface area contributed by atoms with Crippen LogP contribution in [0.5, 0.6) is 5.75 Å². The topological polar surface area (TPSA) is 22.1 Å². The van der Waals surface area contributed by atoms with Crippen molar-refractivity contribution < 1.29 is 9.13 Å². The molecule has 1 heterocycles. The number of alkyl halides is 1. The lowest BCUT2D eigenvalue weighted by Gasteiger charge is -1.97. The molecule has 54 valence electrons. The molecule has 0 bridgehead atoms. The molecule has 0 fully saturated rings. The highest BCUT2D eigenvalue weighted by Gasteiger charge is 1.91. The van der Waals surface area contributed by atoms with E-state index in [1.165, 1.54) is 12.3 Å². The Morgan fingerprint density at radius 3 is 2.90 bits per heavy atom. The molecule has 0 unspecified atom stereocenters. The lowest BCUT2D eigenvalue weighted by atomic mass is 10.5. The average Bonchev–Trinajstić information content (AvgIpc) is 1.95. The molecule has 0 aliphatic heterocycles. The van der Waals surface area contributed by atoms with Crippen LogP contribution < -0.4 is 4.74 Å². The molecule has 0 saturated carbocycles. The predicted octanol–water partition coefficient (Wildman–Crippen LogP) is 2.04.